The number of ether oxygens (including phenoxy) is 1. The van der Waals surface area contributed by atoms with E-state index in [4.69, 9.17) is 0 Å². The van der Waals surface area contributed by atoms with Crippen molar-refractivity contribution in [2.75, 3.05) is 0 Å². The fourth-order valence-corrected chi connectivity index (χ4v) is 1.91. The molecule has 0 aromatic rings. The van der Waals surface area contributed by atoms with Crippen molar-refractivity contribution in [3.05, 3.63) is 12.7 Å². The molecule has 1 aliphatic carbocycles. The van der Waals surface area contributed by atoms with Crippen LogP contribution in [0.1, 0.15) is 6.42 Å². The summed E-state index contributed by atoms with van der Waals surface area (Å²) in [7, 11) is 0. The zero-order chi connectivity index (χ0) is 19.6. The first kappa shape index (κ1) is 20.8. The molecule has 0 heterocycles. The van der Waals surface area contributed by atoms with Crippen LogP contribution < -0.4 is 0 Å². The zero-order valence-electron chi connectivity index (χ0n) is 10.8. The van der Waals surface area contributed by atoms with Crippen LogP contribution >= 0.6 is 0 Å². The van der Waals surface area contributed by atoms with Crippen molar-refractivity contribution in [3.8, 4) is 0 Å². The van der Waals surface area contributed by atoms with Gasteiger partial charge in [0.15, 0.2) is 0 Å². The number of hydrogen-bond acceptors (Lipinski definition) is 1. The Balaban J connectivity index is 3.54. The minimum absolute atomic E-state index is 0.0398. The predicted molar refractivity (Wildman–Crippen MR) is 49.4 cm³/mol. The van der Waals surface area contributed by atoms with Gasteiger partial charge >= 0.3 is 35.9 Å². The summed E-state index contributed by atoms with van der Waals surface area (Å²) in [5, 5.41) is 0. The Morgan fingerprint density at radius 2 is 1.12 bits per heavy atom. The number of halogens is 13. The molecule has 0 bridgehead atoms. The Labute approximate surface area is 124 Å². The number of rotatable bonds is 4. The molecular formula is C10H5F13O. The van der Waals surface area contributed by atoms with Gasteiger partial charge in [0.1, 0.15) is 0 Å². The van der Waals surface area contributed by atoms with Crippen LogP contribution in [0.5, 0.6) is 0 Å². The lowest BCUT2D eigenvalue weighted by molar-refractivity contribution is -0.560. The van der Waals surface area contributed by atoms with Crippen molar-refractivity contribution in [2.45, 2.75) is 48.0 Å². The van der Waals surface area contributed by atoms with Gasteiger partial charge in [-0.15, -0.1) is 6.58 Å². The Hall–Kier alpha value is -1.21. The lowest BCUT2D eigenvalue weighted by Crippen LogP contribution is -2.88. The summed E-state index contributed by atoms with van der Waals surface area (Å²) in [6.07, 6.45) is -16.7. The highest BCUT2D eigenvalue weighted by Crippen LogP contribution is 2.71. The maximum Gasteiger partial charge on any atom is 0.458 e. The van der Waals surface area contributed by atoms with E-state index in [0.717, 1.165) is 0 Å². The van der Waals surface area contributed by atoms with E-state index in [9.17, 15) is 57.1 Å². The molecule has 0 radical (unpaired) electrons. The largest absolute Gasteiger partial charge is 0.458 e. The quantitative estimate of drug-likeness (QED) is 0.485. The highest BCUT2D eigenvalue weighted by atomic mass is 19.4. The monoisotopic (exact) mass is 388 g/mol. The Morgan fingerprint density at radius 1 is 0.750 bits per heavy atom. The van der Waals surface area contributed by atoms with Crippen molar-refractivity contribution in [1.82, 2.24) is 0 Å². The van der Waals surface area contributed by atoms with Crippen LogP contribution in [-0.4, -0.2) is 41.6 Å². The molecular weight excluding hydrogens is 383 g/mol. The third-order valence-electron chi connectivity index (χ3n) is 3.24. The lowest BCUT2D eigenvalue weighted by atomic mass is 9.66. The first-order valence-corrected chi connectivity index (χ1v) is 5.54. The molecule has 2 unspecified atom stereocenters. The van der Waals surface area contributed by atoms with Crippen LogP contribution in [0.3, 0.4) is 0 Å². The SMILES string of the molecule is C=CCC1(F)C(F)(F)C(F)(F)C1(F)OC(F)(C(F)(F)F)C(F)(F)F. The van der Waals surface area contributed by atoms with Gasteiger partial charge in [0.05, 0.1) is 0 Å². The normalized spacial score (nSPS) is 33.0. The first-order chi connectivity index (χ1) is 10.3. The summed E-state index contributed by atoms with van der Waals surface area (Å²) in [4.78, 5) is 0. The maximum absolute atomic E-state index is 13.9. The van der Waals surface area contributed by atoms with Crippen LogP contribution in [0.2, 0.25) is 0 Å². The fourth-order valence-electron chi connectivity index (χ4n) is 1.91. The van der Waals surface area contributed by atoms with Gasteiger partial charge in [0.2, 0.25) is 5.67 Å². The topological polar surface area (TPSA) is 9.23 Å². The van der Waals surface area contributed by atoms with E-state index in [1.54, 1.807) is 0 Å². The number of hydrogen-bond donors (Lipinski definition) is 0. The minimum atomic E-state index is -7.24. The second kappa shape index (κ2) is 4.91. The maximum atomic E-state index is 13.9. The van der Waals surface area contributed by atoms with Crippen molar-refractivity contribution >= 4 is 0 Å². The molecule has 0 aromatic carbocycles. The highest BCUT2D eigenvalue weighted by molar-refractivity contribution is 5.29. The van der Waals surface area contributed by atoms with Crippen molar-refractivity contribution in [2.24, 2.45) is 0 Å². The molecule has 1 saturated carbocycles. The lowest BCUT2D eigenvalue weighted by Gasteiger charge is -2.58. The van der Waals surface area contributed by atoms with Gasteiger partial charge in [0, 0.05) is 6.42 Å². The van der Waals surface area contributed by atoms with Crippen LogP contribution in [0, 0.1) is 0 Å². The van der Waals surface area contributed by atoms with Gasteiger partial charge in [-0.3, -0.25) is 4.74 Å². The van der Waals surface area contributed by atoms with Crippen LogP contribution in [0.25, 0.3) is 0 Å². The molecule has 0 N–H and O–H groups in total. The summed E-state index contributed by atoms with van der Waals surface area (Å²) in [6.45, 7) is 2.52. The molecule has 2 atom stereocenters. The van der Waals surface area contributed by atoms with Gasteiger partial charge in [-0.1, -0.05) is 6.08 Å². The Bertz CT molecular complexity index is 506. The average Bonchev–Trinajstić information content (AvgIpc) is 2.34. The standard InChI is InChI=1S/C10H5F13O/c1-2-3-4(11)5(12,13)6(14,15)7(4,16)24-8(17,9(18,19)20)10(21,22)23/h2H,1,3H2. The second-order valence-corrected chi connectivity index (χ2v) is 4.73. The van der Waals surface area contributed by atoms with Gasteiger partial charge < -0.3 is 0 Å². The molecule has 142 valence electrons. The predicted octanol–water partition coefficient (Wildman–Crippen LogP) is 5.03. The molecule has 1 fully saturated rings. The van der Waals surface area contributed by atoms with E-state index in [0.29, 0.717) is 0 Å². The van der Waals surface area contributed by atoms with E-state index >= 15 is 0 Å². The van der Waals surface area contributed by atoms with Crippen LogP contribution in [0.4, 0.5) is 57.1 Å². The third-order valence-corrected chi connectivity index (χ3v) is 3.24. The van der Waals surface area contributed by atoms with E-state index < -0.39 is 48.0 Å². The smallest absolute Gasteiger partial charge is 0.286 e. The van der Waals surface area contributed by atoms with Crippen molar-refractivity contribution in [3.63, 3.8) is 0 Å². The highest BCUT2D eigenvalue weighted by Gasteiger charge is 3.01. The molecule has 1 nitrogen and oxygen atoms in total. The second-order valence-electron chi connectivity index (χ2n) is 4.73. The summed E-state index contributed by atoms with van der Waals surface area (Å²) < 4.78 is 168. The van der Waals surface area contributed by atoms with Gasteiger partial charge in [-0.25, -0.2) is 8.78 Å². The molecule has 0 amide bonds. The summed E-state index contributed by atoms with van der Waals surface area (Å²) in [6, 6.07) is 0. The summed E-state index contributed by atoms with van der Waals surface area (Å²) >= 11 is 0. The molecule has 1 aliphatic rings. The van der Waals surface area contributed by atoms with Crippen molar-refractivity contribution in [1.29, 1.82) is 0 Å². The van der Waals surface area contributed by atoms with Crippen molar-refractivity contribution < 1.29 is 61.8 Å². The molecule has 1 rings (SSSR count). The molecule has 24 heavy (non-hydrogen) atoms. The van der Waals surface area contributed by atoms with E-state index in [-0.39, 0.29) is 6.08 Å². The molecule has 14 heteroatoms. The molecule has 0 spiro atoms. The fraction of sp³-hybridized carbons (Fsp3) is 0.800. The minimum Gasteiger partial charge on any atom is -0.286 e. The number of alkyl halides is 13. The van der Waals surface area contributed by atoms with Gasteiger partial charge in [-0.2, -0.15) is 48.3 Å². The Kier molecular flexibility index (Phi) is 4.26. The van der Waals surface area contributed by atoms with Crippen LogP contribution in [0.15, 0.2) is 12.7 Å². The summed E-state index contributed by atoms with van der Waals surface area (Å²) in [5.41, 5.74) is -5.43. The zero-order valence-corrected chi connectivity index (χ0v) is 10.8. The van der Waals surface area contributed by atoms with Gasteiger partial charge in [-0.05, 0) is 0 Å². The molecule has 0 aromatic heterocycles. The molecule has 0 aliphatic heterocycles. The third kappa shape index (κ3) is 2.07. The van der Waals surface area contributed by atoms with E-state index in [1.165, 1.54) is 0 Å². The summed E-state index contributed by atoms with van der Waals surface area (Å²) in [5.74, 6) is -26.1. The van der Waals surface area contributed by atoms with Crippen LogP contribution in [-0.2, 0) is 4.74 Å². The number of allylic oxidation sites excluding steroid dienone is 1. The van der Waals surface area contributed by atoms with Gasteiger partial charge in [0.25, 0.3) is 0 Å². The average molecular weight is 388 g/mol. The first-order valence-electron chi connectivity index (χ1n) is 5.54. The Morgan fingerprint density at radius 3 is 1.42 bits per heavy atom. The molecule has 0 saturated heterocycles. The van der Waals surface area contributed by atoms with E-state index in [2.05, 4.69) is 11.3 Å². The van der Waals surface area contributed by atoms with E-state index in [1.807, 2.05) is 0 Å².